The number of anilines is 1. The molecule has 8 heteroatoms. The molecule has 1 amide bonds. The lowest BCUT2D eigenvalue weighted by molar-refractivity contribution is 0.0996. The zero-order valence-electron chi connectivity index (χ0n) is 18.4. The average molecular weight is 501 g/mol. The molecule has 0 radical (unpaired) electrons. The summed E-state index contributed by atoms with van der Waals surface area (Å²) in [7, 11) is 1.62. The molecule has 1 aliphatic rings. The van der Waals surface area contributed by atoms with Gasteiger partial charge in [-0.05, 0) is 56.2 Å². The number of ether oxygens (including phenoxy) is 1. The summed E-state index contributed by atoms with van der Waals surface area (Å²) in [5, 5.41) is 2.78. The number of nitrogens with zero attached hydrogens (tertiary/aromatic N) is 1. The first-order valence-electron chi connectivity index (χ1n) is 10.3. The number of thiophene rings is 1. The third-order valence-electron chi connectivity index (χ3n) is 5.36. The molecule has 170 valence electrons. The molecule has 0 fully saturated rings. The highest BCUT2D eigenvalue weighted by atomic mass is 35.5. The second-order valence-electron chi connectivity index (χ2n) is 8.44. The maximum Gasteiger partial charge on any atom is 0.258 e. The van der Waals surface area contributed by atoms with Crippen molar-refractivity contribution in [3.05, 3.63) is 79.5 Å². The first-order valence-corrected chi connectivity index (χ1v) is 11.9. The fourth-order valence-electron chi connectivity index (χ4n) is 3.89. The first-order chi connectivity index (χ1) is 15.6. The van der Waals surface area contributed by atoms with E-state index < -0.39 is 0 Å². The highest BCUT2D eigenvalue weighted by molar-refractivity contribution is 7.20. The number of carbonyl (C=O) groups excluding carboxylic acids is 2. The summed E-state index contributed by atoms with van der Waals surface area (Å²) in [6.07, 6.45) is 0.938. The van der Waals surface area contributed by atoms with Crippen LogP contribution in [0.5, 0.6) is 5.75 Å². The van der Waals surface area contributed by atoms with Gasteiger partial charge in [0, 0.05) is 16.8 Å². The minimum absolute atomic E-state index is 0.0899. The van der Waals surface area contributed by atoms with Crippen LogP contribution in [0.3, 0.4) is 0 Å². The van der Waals surface area contributed by atoms with Gasteiger partial charge in [-0.3, -0.25) is 14.6 Å². The first kappa shape index (κ1) is 23.5. The van der Waals surface area contributed by atoms with Gasteiger partial charge >= 0.3 is 0 Å². The molecule has 0 saturated heterocycles. The standard InChI is InChI=1S/C25H22Cl2N2O3S/c1-25(2)13-15-7-8-17(32-3)10-18(15)20(29-25)12-21(30)14-5-4-6-16(9-14)28-24(31)19-11-22(26)33-23(19)27/h4-11H,12-13H2,1-3H3,(H,28,31). The lowest BCUT2D eigenvalue weighted by Gasteiger charge is -2.29. The van der Waals surface area contributed by atoms with Gasteiger partial charge in [0.1, 0.15) is 10.1 Å². The molecule has 4 rings (SSSR count). The lowest BCUT2D eigenvalue weighted by atomic mass is 9.85. The SMILES string of the molecule is COc1ccc2c(c1)C(CC(=O)c1cccc(NC(=O)c3cc(Cl)sc3Cl)c1)=NC(C)(C)C2. The number of nitrogens with one attached hydrogen (secondary N) is 1. The maximum absolute atomic E-state index is 13.2. The normalized spacial score (nSPS) is 14.3. The lowest BCUT2D eigenvalue weighted by Crippen LogP contribution is -2.30. The Labute approximate surface area is 206 Å². The predicted octanol–water partition coefficient (Wildman–Crippen LogP) is 6.71. The van der Waals surface area contributed by atoms with E-state index in [-0.39, 0.29) is 23.7 Å². The van der Waals surface area contributed by atoms with Crippen molar-refractivity contribution in [2.75, 3.05) is 12.4 Å². The van der Waals surface area contributed by atoms with Crippen molar-refractivity contribution in [1.82, 2.24) is 0 Å². The van der Waals surface area contributed by atoms with Crippen LogP contribution in [-0.2, 0) is 6.42 Å². The molecule has 0 saturated carbocycles. The molecule has 2 heterocycles. The number of ketones is 1. The molecule has 0 spiro atoms. The average Bonchev–Trinajstić information content (AvgIpc) is 3.11. The van der Waals surface area contributed by atoms with E-state index in [4.69, 9.17) is 32.9 Å². The van der Waals surface area contributed by atoms with Crippen molar-refractivity contribution in [3.63, 3.8) is 0 Å². The number of hydrogen-bond acceptors (Lipinski definition) is 5. The summed E-state index contributed by atoms with van der Waals surface area (Å²) in [6.45, 7) is 4.12. The Kier molecular flexibility index (Phi) is 6.61. The molecule has 33 heavy (non-hydrogen) atoms. The predicted molar refractivity (Wildman–Crippen MR) is 135 cm³/mol. The van der Waals surface area contributed by atoms with Gasteiger partial charge in [0.25, 0.3) is 5.91 Å². The number of amides is 1. The van der Waals surface area contributed by atoms with E-state index in [0.29, 0.717) is 25.5 Å². The van der Waals surface area contributed by atoms with E-state index in [1.807, 2.05) is 18.2 Å². The number of benzene rings is 2. The molecule has 2 aromatic carbocycles. The third-order valence-corrected chi connectivity index (χ3v) is 6.85. The number of rotatable bonds is 6. The largest absolute Gasteiger partial charge is 0.497 e. The van der Waals surface area contributed by atoms with Gasteiger partial charge in [-0.2, -0.15) is 0 Å². The smallest absolute Gasteiger partial charge is 0.258 e. The van der Waals surface area contributed by atoms with Gasteiger partial charge in [0.15, 0.2) is 5.78 Å². The summed E-state index contributed by atoms with van der Waals surface area (Å²) >= 11 is 13.1. The summed E-state index contributed by atoms with van der Waals surface area (Å²) < 4.78 is 6.12. The third kappa shape index (κ3) is 5.29. The molecule has 3 aromatic rings. The highest BCUT2D eigenvalue weighted by Crippen LogP contribution is 2.32. The maximum atomic E-state index is 13.2. The van der Waals surface area contributed by atoms with E-state index in [1.165, 1.54) is 6.07 Å². The van der Waals surface area contributed by atoms with Crippen molar-refractivity contribution in [2.45, 2.75) is 32.2 Å². The van der Waals surface area contributed by atoms with E-state index in [1.54, 1.807) is 31.4 Å². The Hall–Kier alpha value is -2.67. The minimum atomic E-state index is -0.382. The second kappa shape index (κ2) is 9.29. The Morgan fingerprint density at radius 1 is 1.15 bits per heavy atom. The van der Waals surface area contributed by atoms with Crippen molar-refractivity contribution in [2.24, 2.45) is 4.99 Å². The van der Waals surface area contributed by atoms with E-state index in [0.717, 1.165) is 40.3 Å². The molecule has 0 aliphatic carbocycles. The summed E-state index contributed by atoms with van der Waals surface area (Å²) in [5.41, 5.74) is 3.80. The zero-order valence-corrected chi connectivity index (χ0v) is 20.7. The number of carbonyl (C=O) groups is 2. The van der Waals surface area contributed by atoms with Crippen LogP contribution in [0.1, 0.15) is 52.1 Å². The number of halogens is 2. The van der Waals surface area contributed by atoms with Crippen molar-refractivity contribution in [1.29, 1.82) is 0 Å². The van der Waals surface area contributed by atoms with Crippen LogP contribution in [0.4, 0.5) is 5.69 Å². The fraction of sp³-hybridized carbons (Fsp3) is 0.240. The van der Waals surface area contributed by atoms with Crippen LogP contribution >= 0.6 is 34.5 Å². The highest BCUT2D eigenvalue weighted by Gasteiger charge is 2.28. The minimum Gasteiger partial charge on any atom is -0.497 e. The number of Topliss-reactive ketones (excluding diaryl/α,β-unsaturated/α-hetero) is 1. The summed E-state index contributed by atoms with van der Waals surface area (Å²) in [4.78, 5) is 30.6. The zero-order chi connectivity index (χ0) is 23.8. The van der Waals surface area contributed by atoms with E-state index in [2.05, 4.69) is 19.2 Å². The van der Waals surface area contributed by atoms with E-state index in [9.17, 15) is 9.59 Å². The molecular weight excluding hydrogens is 479 g/mol. The molecule has 0 unspecified atom stereocenters. The van der Waals surface area contributed by atoms with Gasteiger partial charge in [-0.1, -0.05) is 41.4 Å². The quantitative estimate of drug-likeness (QED) is 0.382. The van der Waals surface area contributed by atoms with Gasteiger partial charge < -0.3 is 10.1 Å². The fourth-order valence-corrected chi connectivity index (χ4v) is 5.35. The van der Waals surface area contributed by atoms with Crippen LogP contribution in [-0.4, -0.2) is 30.1 Å². The summed E-state index contributed by atoms with van der Waals surface area (Å²) in [6, 6.07) is 14.3. The number of methoxy groups -OCH3 is 1. The number of fused-ring (bicyclic) bond motifs is 1. The monoisotopic (exact) mass is 500 g/mol. The van der Waals surface area contributed by atoms with Crippen molar-refractivity contribution >= 4 is 57.6 Å². The topological polar surface area (TPSA) is 67.8 Å². The Bertz CT molecular complexity index is 1280. The molecule has 1 N–H and O–H groups in total. The molecule has 5 nitrogen and oxygen atoms in total. The number of aliphatic imine (C=N–C) groups is 1. The van der Waals surface area contributed by atoms with Crippen LogP contribution < -0.4 is 10.1 Å². The van der Waals surface area contributed by atoms with Crippen molar-refractivity contribution in [3.8, 4) is 5.75 Å². The Balaban J connectivity index is 1.56. The second-order valence-corrected chi connectivity index (χ2v) is 10.7. The number of hydrogen-bond donors (Lipinski definition) is 1. The molecule has 0 bridgehead atoms. The van der Waals surface area contributed by atoms with Gasteiger partial charge in [-0.15, -0.1) is 11.3 Å². The van der Waals surface area contributed by atoms with Crippen LogP contribution in [0.2, 0.25) is 8.67 Å². The molecule has 0 atom stereocenters. The van der Waals surface area contributed by atoms with Crippen LogP contribution in [0, 0.1) is 0 Å². The molecule has 1 aromatic heterocycles. The summed E-state index contributed by atoms with van der Waals surface area (Å²) in [5.74, 6) is 0.255. The van der Waals surface area contributed by atoms with Crippen molar-refractivity contribution < 1.29 is 14.3 Å². The van der Waals surface area contributed by atoms with Gasteiger partial charge in [0.05, 0.1) is 34.7 Å². The van der Waals surface area contributed by atoms with Crippen LogP contribution in [0.25, 0.3) is 0 Å². The van der Waals surface area contributed by atoms with Crippen LogP contribution in [0.15, 0.2) is 53.5 Å². The van der Waals surface area contributed by atoms with Gasteiger partial charge in [-0.25, -0.2) is 0 Å². The van der Waals surface area contributed by atoms with E-state index >= 15 is 0 Å². The Morgan fingerprint density at radius 2 is 1.94 bits per heavy atom. The van der Waals surface area contributed by atoms with Gasteiger partial charge in [0.2, 0.25) is 0 Å². The Morgan fingerprint density at radius 3 is 2.64 bits per heavy atom. The molecular formula is C25H22Cl2N2O3S. The molecule has 1 aliphatic heterocycles.